The summed E-state index contributed by atoms with van der Waals surface area (Å²) in [7, 11) is 0. The first-order valence-electron chi connectivity index (χ1n) is 13.0. The molecule has 0 unspecified atom stereocenters. The predicted molar refractivity (Wildman–Crippen MR) is 166 cm³/mol. The molecule has 39 heavy (non-hydrogen) atoms. The summed E-state index contributed by atoms with van der Waals surface area (Å²) in [6.07, 6.45) is 2.76. The van der Waals surface area contributed by atoms with Crippen molar-refractivity contribution in [1.29, 1.82) is 0 Å². The van der Waals surface area contributed by atoms with Crippen molar-refractivity contribution in [3.05, 3.63) is 142 Å². The standard InChI is InChI=1S/C33H27N3OS2/c1-23(25-11-5-2-6-12-25)35-32(37)31(39-33(35)38)21-24-17-19-28(20-18-24)36-30(27-15-9-4-10-16-27)22-29(34-36)26-13-7-3-8-14-26/h2-21,23,30H,22H2,1H3/b31-21+/t23-,30-/m1/s1. The molecular formula is C33H27N3OS2. The van der Waals surface area contributed by atoms with Gasteiger partial charge in [-0.1, -0.05) is 127 Å². The smallest absolute Gasteiger partial charge is 0.266 e. The van der Waals surface area contributed by atoms with Crippen molar-refractivity contribution in [2.75, 3.05) is 5.01 Å². The van der Waals surface area contributed by atoms with E-state index < -0.39 is 0 Å². The zero-order chi connectivity index (χ0) is 26.8. The highest BCUT2D eigenvalue weighted by Crippen LogP contribution is 2.39. The largest absolute Gasteiger partial charge is 0.286 e. The van der Waals surface area contributed by atoms with Crippen LogP contribution in [-0.4, -0.2) is 20.8 Å². The molecule has 4 aromatic carbocycles. The maximum atomic E-state index is 13.3. The summed E-state index contributed by atoms with van der Waals surface area (Å²) >= 11 is 6.96. The van der Waals surface area contributed by atoms with Crippen LogP contribution < -0.4 is 5.01 Å². The van der Waals surface area contributed by atoms with Gasteiger partial charge in [0.25, 0.3) is 5.91 Å². The summed E-state index contributed by atoms with van der Waals surface area (Å²) in [5, 5.41) is 7.17. The molecule has 0 N–H and O–H groups in total. The number of hydrogen-bond donors (Lipinski definition) is 0. The molecule has 2 heterocycles. The number of anilines is 1. The van der Waals surface area contributed by atoms with Gasteiger partial charge in [-0.2, -0.15) is 5.10 Å². The molecule has 6 rings (SSSR count). The van der Waals surface area contributed by atoms with Crippen LogP contribution in [-0.2, 0) is 4.79 Å². The molecule has 1 saturated heterocycles. The minimum atomic E-state index is -0.117. The Morgan fingerprint density at radius 1 is 0.872 bits per heavy atom. The number of thioether (sulfide) groups is 1. The summed E-state index contributed by atoms with van der Waals surface area (Å²) < 4.78 is 0.588. The van der Waals surface area contributed by atoms with E-state index in [0.29, 0.717) is 9.23 Å². The Morgan fingerprint density at radius 3 is 2.15 bits per heavy atom. The molecule has 0 aromatic heterocycles. The number of carbonyl (C=O) groups is 1. The van der Waals surface area contributed by atoms with Gasteiger partial charge in [0.05, 0.1) is 28.4 Å². The summed E-state index contributed by atoms with van der Waals surface area (Å²) in [5.74, 6) is -0.0498. The molecule has 4 aromatic rings. The number of nitrogens with zero attached hydrogens (tertiary/aromatic N) is 3. The molecule has 0 saturated carbocycles. The summed E-state index contributed by atoms with van der Waals surface area (Å²) in [4.78, 5) is 15.7. The van der Waals surface area contributed by atoms with Crippen LogP contribution in [0.25, 0.3) is 6.08 Å². The highest BCUT2D eigenvalue weighted by atomic mass is 32.2. The van der Waals surface area contributed by atoms with Gasteiger partial charge < -0.3 is 0 Å². The number of carbonyl (C=O) groups excluding carboxylic acids is 1. The van der Waals surface area contributed by atoms with E-state index in [1.807, 2.05) is 67.6 Å². The molecule has 1 amide bonds. The molecule has 2 atom stereocenters. The van der Waals surface area contributed by atoms with Crippen LogP contribution in [0.3, 0.4) is 0 Å². The Labute approximate surface area is 238 Å². The van der Waals surface area contributed by atoms with Gasteiger partial charge in [0.2, 0.25) is 0 Å². The maximum Gasteiger partial charge on any atom is 0.266 e. The van der Waals surface area contributed by atoms with Crippen LogP contribution in [0.4, 0.5) is 5.69 Å². The van der Waals surface area contributed by atoms with Crippen molar-refractivity contribution in [3.63, 3.8) is 0 Å². The van der Waals surface area contributed by atoms with E-state index in [-0.39, 0.29) is 18.0 Å². The van der Waals surface area contributed by atoms with E-state index in [1.165, 1.54) is 17.3 Å². The average Bonchev–Trinajstić information content (AvgIpc) is 3.55. The van der Waals surface area contributed by atoms with Crippen molar-refractivity contribution in [3.8, 4) is 0 Å². The minimum Gasteiger partial charge on any atom is -0.286 e. The Balaban J connectivity index is 1.25. The van der Waals surface area contributed by atoms with Gasteiger partial charge >= 0.3 is 0 Å². The summed E-state index contributed by atoms with van der Waals surface area (Å²) in [5.41, 5.74) is 6.47. The lowest BCUT2D eigenvalue weighted by molar-refractivity contribution is -0.123. The third-order valence-electron chi connectivity index (χ3n) is 7.15. The summed E-state index contributed by atoms with van der Waals surface area (Å²) in [6.45, 7) is 2.02. The lowest BCUT2D eigenvalue weighted by atomic mass is 9.98. The van der Waals surface area contributed by atoms with Crippen LogP contribution in [0, 0.1) is 0 Å². The van der Waals surface area contributed by atoms with E-state index in [0.717, 1.165) is 34.5 Å². The van der Waals surface area contributed by atoms with Crippen molar-refractivity contribution in [2.45, 2.75) is 25.4 Å². The number of benzene rings is 4. The second-order valence-electron chi connectivity index (χ2n) is 9.62. The van der Waals surface area contributed by atoms with E-state index >= 15 is 0 Å². The van der Waals surface area contributed by atoms with Gasteiger partial charge in [0.15, 0.2) is 0 Å². The predicted octanol–water partition coefficient (Wildman–Crippen LogP) is 8.00. The van der Waals surface area contributed by atoms with Crippen LogP contribution >= 0.6 is 24.0 Å². The third-order valence-corrected chi connectivity index (χ3v) is 8.48. The normalized spacial score (nSPS) is 19.1. The van der Waals surface area contributed by atoms with Gasteiger partial charge in [-0.15, -0.1) is 0 Å². The monoisotopic (exact) mass is 545 g/mol. The topological polar surface area (TPSA) is 35.9 Å². The zero-order valence-corrected chi connectivity index (χ0v) is 23.1. The van der Waals surface area contributed by atoms with Gasteiger partial charge in [-0.05, 0) is 47.4 Å². The van der Waals surface area contributed by atoms with Crippen LogP contribution in [0.5, 0.6) is 0 Å². The number of thiocarbonyl (C=S) groups is 1. The SMILES string of the molecule is C[C@H](c1ccccc1)N1C(=O)/C(=C\c2ccc(N3N=C(c4ccccc4)C[C@@H]3c3ccccc3)cc2)SC1=S. The molecule has 6 heteroatoms. The van der Waals surface area contributed by atoms with Crippen molar-refractivity contribution >= 4 is 51.7 Å². The molecule has 0 spiro atoms. The first-order chi connectivity index (χ1) is 19.1. The maximum absolute atomic E-state index is 13.3. The van der Waals surface area contributed by atoms with Gasteiger partial charge in [-0.25, -0.2) is 0 Å². The van der Waals surface area contributed by atoms with Crippen molar-refractivity contribution < 1.29 is 4.79 Å². The number of rotatable bonds is 6. The minimum absolute atomic E-state index is 0.0498. The van der Waals surface area contributed by atoms with E-state index in [1.54, 1.807) is 4.90 Å². The lowest BCUT2D eigenvalue weighted by Crippen LogP contribution is -2.30. The van der Waals surface area contributed by atoms with Crippen LogP contribution in [0.2, 0.25) is 0 Å². The van der Waals surface area contributed by atoms with Gasteiger partial charge in [-0.3, -0.25) is 14.7 Å². The molecule has 4 nitrogen and oxygen atoms in total. The van der Waals surface area contributed by atoms with Crippen LogP contribution in [0.1, 0.15) is 47.7 Å². The Kier molecular flexibility index (Phi) is 7.14. The van der Waals surface area contributed by atoms with Gasteiger partial charge in [0, 0.05) is 6.42 Å². The highest BCUT2D eigenvalue weighted by molar-refractivity contribution is 8.26. The van der Waals surface area contributed by atoms with Crippen LogP contribution in [0.15, 0.2) is 125 Å². The molecule has 0 aliphatic carbocycles. The number of hydrazone groups is 1. The molecule has 1 fully saturated rings. The molecule has 0 bridgehead atoms. The van der Waals surface area contributed by atoms with Crippen molar-refractivity contribution in [1.82, 2.24) is 4.90 Å². The molecule has 2 aliphatic rings. The van der Waals surface area contributed by atoms with E-state index in [9.17, 15) is 4.79 Å². The third kappa shape index (κ3) is 5.18. The van der Waals surface area contributed by atoms with E-state index in [4.69, 9.17) is 17.3 Å². The molecule has 192 valence electrons. The molecule has 2 aliphatic heterocycles. The molecule has 0 radical (unpaired) electrons. The Hall–Kier alpha value is -4.00. The van der Waals surface area contributed by atoms with Crippen molar-refractivity contribution in [2.24, 2.45) is 5.10 Å². The quantitative estimate of drug-likeness (QED) is 0.182. The number of amides is 1. The second kappa shape index (κ2) is 11.0. The fourth-order valence-corrected chi connectivity index (χ4v) is 6.48. The first-order valence-corrected chi connectivity index (χ1v) is 14.2. The zero-order valence-electron chi connectivity index (χ0n) is 21.5. The summed E-state index contributed by atoms with van der Waals surface area (Å²) in [6, 6.07) is 39.1. The van der Waals surface area contributed by atoms with Gasteiger partial charge in [0.1, 0.15) is 4.32 Å². The average molecular weight is 546 g/mol. The second-order valence-corrected chi connectivity index (χ2v) is 11.3. The Morgan fingerprint density at radius 2 is 1.49 bits per heavy atom. The first kappa shape index (κ1) is 25.3. The number of hydrogen-bond acceptors (Lipinski definition) is 5. The molecular weight excluding hydrogens is 519 g/mol. The van der Waals surface area contributed by atoms with E-state index in [2.05, 4.69) is 65.7 Å². The fraction of sp³-hybridized carbons (Fsp3) is 0.121. The fourth-order valence-electron chi connectivity index (χ4n) is 5.06. The lowest BCUT2D eigenvalue weighted by Gasteiger charge is -2.24. The highest BCUT2D eigenvalue weighted by Gasteiger charge is 2.36. The Bertz CT molecular complexity index is 1550.